The Morgan fingerprint density at radius 1 is 1.11 bits per heavy atom. The predicted octanol–water partition coefficient (Wildman–Crippen LogP) is 2.84. The lowest BCUT2D eigenvalue weighted by molar-refractivity contribution is -0.119. The molecule has 0 aliphatic heterocycles. The van der Waals surface area contributed by atoms with E-state index in [-0.39, 0.29) is 11.3 Å². The van der Waals surface area contributed by atoms with Gasteiger partial charge in [0.1, 0.15) is 17.5 Å². The lowest BCUT2D eigenvalue weighted by Crippen LogP contribution is -2.22. The Labute approximate surface area is 158 Å². The van der Waals surface area contributed by atoms with Gasteiger partial charge >= 0.3 is 5.97 Å². The van der Waals surface area contributed by atoms with Crippen LogP contribution in [0.2, 0.25) is 0 Å². The third kappa shape index (κ3) is 4.32. The number of amides is 1. The first-order valence-electron chi connectivity index (χ1n) is 8.18. The number of nitrogens with two attached hydrogens (primary N) is 1. The molecule has 0 bridgehead atoms. The minimum atomic E-state index is -0.851. The molecule has 28 heavy (non-hydrogen) atoms. The van der Waals surface area contributed by atoms with Crippen LogP contribution < -0.4 is 11.1 Å². The monoisotopic (exact) mass is 386 g/mol. The molecule has 3 N–H and O–H groups in total. The number of nitrogens with one attached hydrogen (secondary N) is 1. The summed E-state index contributed by atoms with van der Waals surface area (Å²) in [4.78, 5) is 24.2. The highest BCUT2D eigenvalue weighted by molar-refractivity contribution is 5.98. The number of nitrogen functional groups attached to an aromatic ring is 1. The second kappa shape index (κ2) is 7.87. The zero-order valence-corrected chi connectivity index (χ0v) is 14.8. The van der Waals surface area contributed by atoms with Crippen LogP contribution >= 0.6 is 0 Å². The second-order valence-electron chi connectivity index (χ2n) is 5.92. The van der Waals surface area contributed by atoms with Gasteiger partial charge in [-0.1, -0.05) is 0 Å². The minimum Gasteiger partial charge on any atom is -0.452 e. The molecule has 0 fully saturated rings. The summed E-state index contributed by atoms with van der Waals surface area (Å²) in [6.07, 6.45) is 0. The Hall–Kier alpha value is -3.75. The maximum Gasteiger partial charge on any atom is 0.340 e. The zero-order valence-electron chi connectivity index (χ0n) is 14.8. The van der Waals surface area contributed by atoms with E-state index in [1.54, 1.807) is 13.0 Å². The van der Waals surface area contributed by atoms with Gasteiger partial charge in [-0.05, 0) is 49.4 Å². The highest BCUT2D eigenvalue weighted by Gasteiger charge is 2.16. The fraction of sp³-hybridized carbons (Fsp3) is 0.105. The molecule has 2 aromatic carbocycles. The number of ether oxygens (including phenoxy) is 1. The van der Waals surface area contributed by atoms with E-state index in [1.807, 2.05) is 0 Å². The molecule has 0 unspecified atom stereocenters. The molecule has 3 aromatic rings. The molecule has 0 radical (unpaired) electrons. The van der Waals surface area contributed by atoms with Crippen molar-refractivity contribution in [2.75, 3.05) is 17.7 Å². The summed E-state index contributed by atoms with van der Waals surface area (Å²) in [5.74, 6) is -2.12. The molecule has 7 nitrogen and oxygen atoms in total. The largest absolute Gasteiger partial charge is 0.452 e. The third-order valence-corrected chi connectivity index (χ3v) is 3.74. The Morgan fingerprint density at radius 2 is 1.79 bits per heavy atom. The van der Waals surface area contributed by atoms with E-state index in [0.29, 0.717) is 17.2 Å². The summed E-state index contributed by atoms with van der Waals surface area (Å²) >= 11 is 0. The van der Waals surface area contributed by atoms with E-state index in [9.17, 15) is 18.4 Å². The summed E-state index contributed by atoms with van der Waals surface area (Å²) < 4.78 is 32.5. The van der Waals surface area contributed by atoms with Crippen molar-refractivity contribution in [3.8, 4) is 5.69 Å². The Kier molecular flexibility index (Phi) is 5.35. The van der Waals surface area contributed by atoms with Crippen LogP contribution in [-0.2, 0) is 9.53 Å². The maximum absolute atomic E-state index is 13.1. The van der Waals surface area contributed by atoms with Crippen molar-refractivity contribution in [1.29, 1.82) is 0 Å². The SMILES string of the molecule is Cc1cc(NC(=O)COC(=O)c2ccc(F)cc2N)n(-c2ccc(F)cc2)n1. The molecular formula is C19H16F2N4O3. The van der Waals surface area contributed by atoms with Crippen molar-refractivity contribution in [2.45, 2.75) is 6.92 Å². The van der Waals surface area contributed by atoms with Gasteiger partial charge in [0.25, 0.3) is 5.91 Å². The summed E-state index contributed by atoms with van der Waals surface area (Å²) in [6, 6.07) is 10.4. The van der Waals surface area contributed by atoms with Gasteiger partial charge in [0.2, 0.25) is 0 Å². The number of hydrogen-bond acceptors (Lipinski definition) is 5. The van der Waals surface area contributed by atoms with Gasteiger partial charge in [-0.2, -0.15) is 5.10 Å². The molecule has 0 atom stereocenters. The number of benzene rings is 2. The molecule has 0 aliphatic rings. The third-order valence-electron chi connectivity index (χ3n) is 3.74. The van der Waals surface area contributed by atoms with Crippen molar-refractivity contribution < 1.29 is 23.1 Å². The Morgan fingerprint density at radius 3 is 2.46 bits per heavy atom. The first-order chi connectivity index (χ1) is 13.3. The van der Waals surface area contributed by atoms with Gasteiger partial charge in [-0.15, -0.1) is 0 Å². The van der Waals surface area contributed by atoms with Gasteiger partial charge in [0.15, 0.2) is 6.61 Å². The van der Waals surface area contributed by atoms with Crippen molar-refractivity contribution >= 4 is 23.4 Å². The number of esters is 1. The van der Waals surface area contributed by atoms with Crippen LogP contribution in [0.5, 0.6) is 0 Å². The standard InChI is InChI=1S/C19H16F2N4O3/c1-11-8-17(25(24-11)14-5-2-12(20)3-6-14)23-18(26)10-28-19(27)15-7-4-13(21)9-16(15)22/h2-9H,10,22H2,1H3,(H,23,26). The lowest BCUT2D eigenvalue weighted by Gasteiger charge is -2.10. The number of hydrogen-bond donors (Lipinski definition) is 2. The molecule has 9 heteroatoms. The van der Waals surface area contributed by atoms with Gasteiger partial charge in [-0.3, -0.25) is 4.79 Å². The first-order valence-corrected chi connectivity index (χ1v) is 8.18. The normalized spacial score (nSPS) is 10.5. The van der Waals surface area contributed by atoms with Gasteiger partial charge < -0.3 is 15.8 Å². The molecule has 1 amide bonds. The molecule has 144 valence electrons. The van der Waals surface area contributed by atoms with E-state index in [0.717, 1.165) is 12.1 Å². The van der Waals surface area contributed by atoms with E-state index >= 15 is 0 Å². The lowest BCUT2D eigenvalue weighted by atomic mass is 10.2. The maximum atomic E-state index is 13.1. The number of aromatic nitrogens is 2. The Bertz CT molecular complexity index is 1030. The minimum absolute atomic E-state index is 0.0404. The number of anilines is 2. The smallest absolute Gasteiger partial charge is 0.340 e. The van der Waals surface area contributed by atoms with Crippen molar-refractivity contribution in [2.24, 2.45) is 0 Å². The molecule has 1 aromatic heterocycles. The summed E-state index contributed by atoms with van der Waals surface area (Å²) in [5.41, 5.74) is 6.61. The van der Waals surface area contributed by atoms with E-state index in [1.165, 1.54) is 35.0 Å². The summed E-state index contributed by atoms with van der Waals surface area (Å²) in [5, 5.41) is 6.82. The average molecular weight is 386 g/mol. The van der Waals surface area contributed by atoms with Crippen molar-refractivity contribution in [3.63, 3.8) is 0 Å². The molecule has 0 spiro atoms. The number of halogens is 2. The fourth-order valence-electron chi connectivity index (χ4n) is 2.47. The fourth-order valence-corrected chi connectivity index (χ4v) is 2.47. The van der Waals surface area contributed by atoms with Gasteiger partial charge in [-0.25, -0.2) is 18.3 Å². The van der Waals surface area contributed by atoms with E-state index in [2.05, 4.69) is 10.4 Å². The number of carbonyl (C=O) groups excluding carboxylic acids is 2. The van der Waals surface area contributed by atoms with Gasteiger partial charge in [0, 0.05) is 11.8 Å². The average Bonchev–Trinajstić information content (AvgIpc) is 3.00. The number of carbonyl (C=O) groups is 2. The van der Waals surface area contributed by atoms with Crippen LogP contribution in [0.3, 0.4) is 0 Å². The molecule has 1 heterocycles. The second-order valence-corrected chi connectivity index (χ2v) is 5.92. The zero-order chi connectivity index (χ0) is 20.3. The summed E-state index contributed by atoms with van der Waals surface area (Å²) in [7, 11) is 0. The molecule has 3 rings (SSSR count). The van der Waals surface area contributed by atoms with E-state index < -0.39 is 30.1 Å². The van der Waals surface area contributed by atoms with Crippen LogP contribution in [0, 0.1) is 18.6 Å². The molecular weight excluding hydrogens is 370 g/mol. The first kappa shape index (κ1) is 19.0. The van der Waals surface area contributed by atoms with Gasteiger partial charge in [0.05, 0.1) is 16.9 Å². The molecule has 0 aliphatic carbocycles. The van der Waals surface area contributed by atoms with Crippen molar-refractivity contribution in [3.05, 3.63) is 71.4 Å². The van der Waals surface area contributed by atoms with Crippen LogP contribution in [0.1, 0.15) is 16.1 Å². The quantitative estimate of drug-likeness (QED) is 0.519. The van der Waals surface area contributed by atoms with Crippen LogP contribution in [0.25, 0.3) is 5.69 Å². The number of rotatable bonds is 5. The number of nitrogens with zero attached hydrogens (tertiary/aromatic N) is 2. The highest BCUT2D eigenvalue weighted by atomic mass is 19.1. The van der Waals surface area contributed by atoms with Crippen LogP contribution in [0.15, 0.2) is 48.5 Å². The van der Waals surface area contributed by atoms with Crippen LogP contribution in [-0.4, -0.2) is 28.3 Å². The topological polar surface area (TPSA) is 99.2 Å². The molecule has 0 saturated carbocycles. The Balaban J connectivity index is 1.67. The van der Waals surface area contributed by atoms with E-state index in [4.69, 9.17) is 10.5 Å². The number of aryl methyl sites for hydroxylation is 1. The van der Waals surface area contributed by atoms with Crippen LogP contribution in [0.4, 0.5) is 20.3 Å². The van der Waals surface area contributed by atoms with Crippen molar-refractivity contribution in [1.82, 2.24) is 9.78 Å². The highest BCUT2D eigenvalue weighted by Crippen LogP contribution is 2.18. The predicted molar refractivity (Wildman–Crippen MR) is 98.0 cm³/mol. The molecule has 0 saturated heterocycles. The summed E-state index contributed by atoms with van der Waals surface area (Å²) in [6.45, 7) is 1.15.